The predicted octanol–water partition coefficient (Wildman–Crippen LogP) is 5.88. The Labute approximate surface area is 216 Å². The van der Waals surface area contributed by atoms with Gasteiger partial charge in [0.15, 0.2) is 5.82 Å². The summed E-state index contributed by atoms with van der Waals surface area (Å²) in [4.78, 5) is 33.0. The number of benzene rings is 2. The maximum absolute atomic E-state index is 12.5. The lowest BCUT2D eigenvalue weighted by Crippen LogP contribution is -2.34. The Bertz CT molecular complexity index is 1480. The molecule has 37 heavy (non-hydrogen) atoms. The van der Waals surface area contributed by atoms with Crippen molar-refractivity contribution in [3.05, 3.63) is 47.5 Å². The Morgan fingerprint density at radius 1 is 1.08 bits per heavy atom. The molecule has 4 rings (SSSR count). The first-order valence-electron chi connectivity index (χ1n) is 12.2. The normalized spacial score (nSPS) is 12.7. The van der Waals surface area contributed by atoms with Gasteiger partial charge in [0.05, 0.1) is 36.0 Å². The molecule has 0 bridgehead atoms. The summed E-state index contributed by atoms with van der Waals surface area (Å²) in [7, 11) is 3.47. The number of hydrogen-bond donors (Lipinski definition) is 2. The fraction of sp³-hybridized carbons (Fsp3) is 0.393. The number of hydrogen-bond acceptors (Lipinski definition) is 6. The van der Waals surface area contributed by atoms with Crippen LogP contribution in [0.5, 0.6) is 5.75 Å². The highest BCUT2D eigenvalue weighted by atomic mass is 16.6. The summed E-state index contributed by atoms with van der Waals surface area (Å²) in [6.07, 6.45) is -0.690. The summed E-state index contributed by atoms with van der Waals surface area (Å²) >= 11 is 0. The third kappa shape index (κ3) is 5.55. The van der Waals surface area contributed by atoms with E-state index in [0.717, 1.165) is 27.7 Å². The molecule has 0 aliphatic heterocycles. The van der Waals surface area contributed by atoms with Crippen LogP contribution >= 0.6 is 0 Å². The van der Waals surface area contributed by atoms with Gasteiger partial charge in [-0.2, -0.15) is 0 Å². The first-order chi connectivity index (χ1) is 17.4. The quantitative estimate of drug-likeness (QED) is 0.316. The molecule has 2 heterocycles. The Hall–Kier alpha value is -4.01. The maximum Gasteiger partial charge on any atom is 0.408 e. The van der Waals surface area contributed by atoms with Crippen molar-refractivity contribution < 1.29 is 23.8 Å². The van der Waals surface area contributed by atoms with E-state index in [4.69, 9.17) is 19.2 Å². The van der Waals surface area contributed by atoms with Crippen molar-refractivity contribution >= 4 is 34.0 Å². The first kappa shape index (κ1) is 26.1. The van der Waals surface area contributed by atoms with Crippen LogP contribution in [0, 0.1) is 0 Å². The number of aromatic nitrogens is 3. The first-order valence-corrected chi connectivity index (χ1v) is 12.2. The minimum absolute atomic E-state index is 0.230. The molecule has 1 unspecified atom stereocenters. The molecule has 0 fully saturated rings. The van der Waals surface area contributed by atoms with Crippen molar-refractivity contribution in [2.75, 3.05) is 7.11 Å². The number of rotatable bonds is 6. The van der Waals surface area contributed by atoms with Gasteiger partial charge in [0.25, 0.3) is 0 Å². The summed E-state index contributed by atoms with van der Waals surface area (Å²) in [6.45, 7) is 11.0. The van der Waals surface area contributed by atoms with Crippen molar-refractivity contribution in [1.29, 1.82) is 0 Å². The minimum atomic E-state index is -0.564. The topological polar surface area (TPSA) is 107 Å². The Morgan fingerprint density at radius 3 is 2.46 bits per heavy atom. The number of esters is 1. The van der Waals surface area contributed by atoms with Gasteiger partial charge in [-0.3, -0.25) is 0 Å². The molecule has 0 aliphatic carbocycles. The van der Waals surface area contributed by atoms with Gasteiger partial charge in [-0.15, -0.1) is 0 Å². The number of H-pyrrole nitrogens is 1. The van der Waals surface area contributed by atoms with Crippen LogP contribution in [0.25, 0.3) is 33.5 Å². The Kier molecular flexibility index (Phi) is 6.90. The number of aryl methyl sites for hydroxylation is 1. The molecule has 196 valence electrons. The molecule has 1 atom stereocenters. The second-order valence-corrected chi connectivity index (χ2v) is 10.4. The van der Waals surface area contributed by atoms with Crippen LogP contribution in [0.1, 0.15) is 63.5 Å². The molecule has 0 saturated heterocycles. The largest absolute Gasteiger partial charge is 0.494 e. The second kappa shape index (κ2) is 9.80. The summed E-state index contributed by atoms with van der Waals surface area (Å²) in [5, 5.41) is 3.88. The van der Waals surface area contributed by atoms with Crippen LogP contribution in [-0.4, -0.2) is 45.4 Å². The fourth-order valence-corrected chi connectivity index (χ4v) is 4.21. The van der Waals surface area contributed by atoms with E-state index in [1.165, 1.54) is 0 Å². The highest BCUT2D eigenvalue weighted by molar-refractivity contribution is 5.97. The molecule has 9 nitrogen and oxygen atoms in total. The van der Waals surface area contributed by atoms with E-state index in [9.17, 15) is 9.59 Å². The summed E-state index contributed by atoms with van der Waals surface area (Å²) < 4.78 is 18.3. The van der Waals surface area contributed by atoms with E-state index in [0.29, 0.717) is 22.7 Å². The van der Waals surface area contributed by atoms with Gasteiger partial charge in [0.1, 0.15) is 16.9 Å². The summed E-state index contributed by atoms with van der Waals surface area (Å²) in [6, 6.07) is 11.2. The van der Waals surface area contributed by atoms with Crippen LogP contribution < -0.4 is 10.1 Å². The van der Waals surface area contributed by atoms with Crippen molar-refractivity contribution in [1.82, 2.24) is 19.9 Å². The number of nitrogens with one attached hydrogen (secondary N) is 2. The van der Waals surface area contributed by atoms with Gasteiger partial charge in [0, 0.05) is 18.0 Å². The van der Waals surface area contributed by atoms with Crippen LogP contribution in [0.2, 0.25) is 0 Å². The molecule has 2 N–H and O–H groups in total. The molecule has 0 saturated carbocycles. The molecule has 4 aromatic rings. The molecule has 0 aliphatic rings. The molecule has 9 heteroatoms. The van der Waals surface area contributed by atoms with Crippen molar-refractivity contribution in [3.63, 3.8) is 0 Å². The van der Waals surface area contributed by atoms with Gasteiger partial charge >= 0.3 is 12.1 Å². The van der Waals surface area contributed by atoms with Crippen LogP contribution in [-0.2, 0) is 16.5 Å². The van der Waals surface area contributed by atoms with Crippen LogP contribution in [0.4, 0.5) is 4.79 Å². The average molecular weight is 507 g/mol. The van der Waals surface area contributed by atoms with Crippen molar-refractivity contribution in [2.45, 2.75) is 59.3 Å². The number of ether oxygens (including phenoxy) is 3. The van der Waals surface area contributed by atoms with Crippen molar-refractivity contribution in [3.8, 4) is 17.3 Å². The Morgan fingerprint density at radius 2 is 1.81 bits per heavy atom. The number of carbonyl (C=O) groups is 2. The molecule has 0 radical (unpaired) electrons. The summed E-state index contributed by atoms with van der Waals surface area (Å²) in [5.74, 6) is 0.810. The van der Waals surface area contributed by atoms with Gasteiger partial charge in [0.2, 0.25) is 0 Å². The van der Waals surface area contributed by atoms with E-state index < -0.39 is 17.7 Å². The molecular formula is C28H34N4O5. The third-order valence-electron chi connectivity index (χ3n) is 5.85. The van der Waals surface area contributed by atoms with Crippen molar-refractivity contribution in [2.24, 2.45) is 7.05 Å². The lowest BCUT2D eigenvalue weighted by molar-refractivity contribution is 0.0376. The van der Waals surface area contributed by atoms with E-state index in [-0.39, 0.29) is 12.1 Å². The minimum Gasteiger partial charge on any atom is -0.494 e. The highest BCUT2D eigenvalue weighted by Gasteiger charge is 2.21. The van der Waals surface area contributed by atoms with Crippen LogP contribution in [0.15, 0.2) is 36.4 Å². The smallest absolute Gasteiger partial charge is 0.408 e. The maximum atomic E-state index is 12.5. The molecule has 0 spiro atoms. The van der Waals surface area contributed by atoms with E-state index >= 15 is 0 Å². The summed E-state index contributed by atoms with van der Waals surface area (Å²) in [5.41, 5.74) is 3.88. The van der Waals surface area contributed by atoms with Gasteiger partial charge in [-0.1, -0.05) is 12.1 Å². The number of nitrogens with zero attached hydrogens (tertiary/aromatic N) is 2. The number of aromatic amines is 1. The third-order valence-corrected chi connectivity index (χ3v) is 5.85. The van der Waals surface area contributed by atoms with Gasteiger partial charge in [-0.25, -0.2) is 14.6 Å². The van der Waals surface area contributed by atoms with E-state index in [2.05, 4.69) is 10.3 Å². The zero-order chi connectivity index (χ0) is 27.1. The number of imidazole rings is 1. The Balaban J connectivity index is 1.68. The zero-order valence-corrected chi connectivity index (χ0v) is 22.6. The number of alkyl carbamates (subject to hydrolysis) is 1. The van der Waals surface area contributed by atoms with Gasteiger partial charge in [-0.05, 0) is 71.4 Å². The number of carbonyl (C=O) groups excluding carboxylic acids is 2. The fourth-order valence-electron chi connectivity index (χ4n) is 4.21. The molecule has 2 aromatic heterocycles. The highest BCUT2D eigenvalue weighted by Crippen LogP contribution is 2.33. The number of methoxy groups -OCH3 is 1. The number of fused-ring (bicyclic) bond motifs is 2. The lowest BCUT2D eigenvalue weighted by atomic mass is 10.1. The zero-order valence-electron chi connectivity index (χ0n) is 22.6. The molecule has 2 aromatic carbocycles. The predicted molar refractivity (Wildman–Crippen MR) is 143 cm³/mol. The lowest BCUT2D eigenvalue weighted by Gasteiger charge is -2.22. The molecule has 1 amide bonds. The van der Waals surface area contributed by atoms with E-state index in [1.54, 1.807) is 19.2 Å². The van der Waals surface area contributed by atoms with E-state index in [1.807, 2.05) is 77.4 Å². The van der Waals surface area contributed by atoms with Gasteiger partial charge < -0.3 is 29.1 Å². The van der Waals surface area contributed by atoms with Crippen LogP contribution in [0.3, 0.4) is 0 Å². The number of amides is 1. The second-order valence-electron chi connectivity index (χ2n) is 10.4. The molecular weight excluding hydrogens is 472 g/mol. The SMILES string of the molecule is COc1cc(C(=O)OC(C)C)cc2nc(-c3cc4ccc(C(C)NC(=O)OC(C)(C)C)cc4[nH]3)n(C)c12. The average Bonchev–Trinajstić information content (AvgIpc) is 3.36. The monoisotopic (exact) mass is 506 g/mol. The standard InChI is InChI=1S/C28H34N4O5/c1-15(2)36-26(33)19-13-21-24(23(14-19)35-8)32(7)25(31-21)22-12-18-10-9-17(11-20(18)30-22)16(3)29-27(34)37-28(4,5)6/h9-16,30H,1-8H3,(H,29,34).